The van der Waals surface area contributed by atoms with E-state index >= 15 is 0 Å². The van der Waals surface area contributed by atoms with Crippen molar-refractivity contribution in [1.82, 2.24) is 15.0 Å². The van der Waals surface area contributed by atoms with Crippen LogP contribution < -0.4 is 4.90 Å². The van der Waals surface area contributed by atoms with Crippen LogP contribution in [0.25, 0.3) is 67.5 Å². The van der Waals surface area contributed by atoms with Gasteiger partial charge in [-0.3, -0.25) is 0 Å². The van der Waals surface area contributed by atoms with Gasteiger partial charge in [0.2, 0.25) is 0 Å². The van der Waals surface area contributed by atoms with E-state index in [4.69, 9.17) is 15.0 Å². The summed E-state index contributed by atoms with van der Waals surface area (Å²) in [5.74, 6) is 1.89. The van der Waals surface area contributed by atoms with Gasteiger partial charge < -0.3 is 4.90 Å². The van der Waals surface area contributed by atoms with Crippen LogP contribution in [0, 0.1) is 0 Å². The molecule has 0 atom stereocenters. The third kappa shape index (κ3) is 5.65. The van der Waals surface area contributed by atoms with E-state index in [0.29, 0.717) is 17.5 Å². The highest BCUT2D eigenvalue weighted by molar-refractivity contribution is 5.96. The second kappa shape index (κ2) is 14.5. The van der Waals surface area contributed by atoms with Crippen LogP contribution >= 0.6 is 0 Å². The molecule has 12 rings (SSSR count). The minimum absolute atomic E-state index is 0.542. The van der Waals surface area contributed by atoms with Gasteiger partial charge in [0, 0.05) is 22.4 Å². The molecule has 0 bridgehead atoms. The van der Waals surface area contributed by atoms with Crippen molar-refractivity contribution in [2.45, 2.75) is 5.41 Å². The number of hydrogen-bond donors (Lipinski definition) is 0. The fraction of sp³-hybridized carbons (Fsp3) is 0.0172. The van der Waals surface area contributed by atoms with Crippen molar-refractivity contribution in [3.63, 3.8) is 0 Å². The second-order valence-electron chi connectivity index (χ2n) is 16.0. The zero-order valence-corrected chi connectivity index (χ0v) is 33.7. The molecular formula is C58H38N4. The molecule has 0 saturated carbocycles. The first kappa shape index (κ1) is 35.7. The Morgan fingerprint density at radius 3 is 1.18 bits per heavy atom. The third-order valence-corrected chi connectivity index (χ3v) is 12.6. The van der Waals surface area contributed by atoms with Gasteiger partial charge in [0.15, 0.2) is 17.5 Å². The maximum Gasteiger partial charge on any atom is 0.164 e. The Labute approximate surface area is 361 Å². The number of benzene rings is 9. The van der Waals surface area contributed by atoms with Gasteiger partial charge in [-0.05, 0) is 86.0 Å². The molecule has 4 heteroatoms. The summed E-state index contributed by atoms with van der Waals surface area (Å²) >= 11 is 0. The number of nitrogens with zero attached hydrogens (tertiary/aromatic N) is 4. The first-order chi connectivity index (χ1) is 30.7. The smallest absolute Gasteiger partial charge is 0.164 e. The number of rotatable bonds is 6. The maximum absolute atomic E-state index is 5.24. The molecule has 290 valence electrons. The Morgan fingerprint density at radius 2 is 0.645 bits per heavy atom. The van der Waals surface area contributed by atoms with Crippen LogP contribution in [0.2, 0.25) is 0 Å². The molecule has 4 nitrogen and oxygen atoms in total. The lowest BCUT2D eigenvalue weighted by molar-refractivity contribution is 0.752. The van der Waals surface area contributed by atoms with Crippen LogP contribution in [0.15, 0.2) is 231 Å². The molecule has 1 aliphatic carbocycles. The molecule has 9 aromatic carbocycles. The van der Waals surface area contributed by atoms with Crippen LogP contribution in [0.5, 0.6) is 0 Å². The minimum Gasteiger partial charge on any atom is -0.310 e. The lowest BCUT2D eigenvalue weighted by Gasteiger charge is -2.45. The molecule has 0 fully saturated rings. The van der Waals surface area contributed by atoms with Gasteiger partial charge in [0.05, 0.1) is 16.8 Å². The molecule has 1 aliphatic heterocycles. The Bertz CT molecular complexity index is 3120. The molecule has 0 saturated heterocycles. The molecule has 0 amide bonds. The summed E-state index contributed by atoms with van der Waals surface area (Å²) in [6.45, 7) is 0. The highest BCUT2D eigenvalue weighted by Gasteiger charge is 2.51. The predicted octanol–water partition coefficient (Wildman–Crippen LogP) is 14.4. The molecule has 0 radical (unpaired) electrons. The Kier molecular flexibility index (Phi) is 8.36. The first-order valence-corrected chi connectivity index (χ1v) is 21.1. The summed E-state index contributed by atoms with van der Waals surface area (Å²) in [6.07, 6.45) is 0. The van der Waals surface area contributed by atoms with E-state index in [1.54, 1.807) is 0 Å². The second-order valence-corrected chi connectivity index (χ2v) is 16.0. The lowest BCUT2D eigenvalue weighted by atomic mass is 9.64. The molecule has 2 aliphatic rings. The highest BCUT2D eigenvalue weighted by Crippen LogP contribution is 2.63. The van der Waals surface area contributed by atoms with E-state index < -0.39 is 5.41 Å². The summed E-state index contributed by atoms with van der Waals surface area (Å²) in [6, 6.07) is 82.2. The number of para-hydroxylation sites is 3. The number of aromatic nitrogens is 3. The molecular weight excluding hydrogens is 753 g/mol. The molecule has 2 heterocycles. The average Bonchev–Trinajstić information content (AvgIpc) is 3.65. The van der Waals surface area contributed by atoms with Crippen LogP contribution in [-0.4, -0.2) is 15.0 Å². The summed E-state index contributed by atoms with van der Waals surface area (Å²) in [5, 5.41) is 0. The molecule has 0 unspecified atom stereocenters. The molecule has 10 aromatic rings. The highest BCUT2D eigenvalue weighted by atomic mass is 15.2. The topological polar surface area (TPSA) is 41.9 Å². The van der Waals surface area contributed by atoms with E-state index in [9.17, 15) is 0 Å². The monoisotopic (exact) mass is 790 g/mol. The first-order valence-electron chi connectivity index (χ1n) is 21.1. The van der Waals surface area contributed by atoms with Crippen LogP contribution in [-0.2, 0) is 5.41 Å². The van der Waals surface area contributed by atoms with Crippen molar-refractivity contribution in [1.29, 1.82) is 0 Å². The van der Waals surface area contributed by atoms with Gasteiger partial charge in [-0.15, -0.1) is 0 Å². The molecule has 1 spiro atoms. The SMILES string of the molecule is c1ccc(-c2ccc(-c3nc(-c4ccc(-c5ccccc5)cc4)nc(-c4ccc5c(c4)-c4ccccc4C54c5ccccc5N(c5ccccc5)c5ccccc54)n3)cc2)cc1. The Balaban J connectivity index is 1.03. The largest absolute Gasteiger partial charge is 0.310 e. The minimum atomic E-state index is -0.542. The maximum atomic E-state index is 5.24. The van der Waals surface area contributed by atoms with Gasteiger partial charge in [-0.2, -0.15) is 0 Å². The molecule has 62 heavy (non-hydrogen) atoms. The van der Waals surface area contributed by atoms with Gasteiger partial charge >= 0.3 is 0 Å². The lowest BCUT2D eigenvalue weighted by Crippen LogP contribution is -2.36. The van der Waals surface area contributed by atoms with Crippen molar-refractivity contribution in [3.8, 4) is 67.5 Å². The van der Waals surface area contributed by atoms with Crippen LogP contribution in [0.1, 0.15) is 22.3 Å². The fourth-order valence-corrected chi connectivity index (χ4v) is 9.75. The van der Waals surface area contributed by atoms with Crippen LogP contribution in [0.4, 0.5) is 17.1 Å². The van der Waals surface area contributed by atoms with Gasteiger partial charge in [0.25, 0.3) is 0 Å². The van der Waals surface area contributed by atoms with Gasteiger partial charge in [-0.25, -0.2) is 15.0 Å². The third-order valence-electron chi connectivity index (χ3n) is 12.6. The standard InChI is InChI=1S/C58H38N4/c1-4-16-39(17-5-1)41-28-32-43(33-29-41)55-59-56(44-34-30-42(31-35-44)40-18-6-2-7-19-40)61-57(60-55)45-36-37-50-48(38-45)47-22-10-11-23-49(47)58(50)51-24-12-14-26-53(51)62(46-20-8-3-9-21-46)54-27-15-13-25-52(54)58/h1-38H. The van der Waals surface area contributed by atoms with Crippen molar-refractivity contribution >= 4 is 17.1 Å². The normalized spacial score (nSPS) is 12.9. The average molecular weight is 791 g/mol. The molecule has 0 N–H and O–H groups in total. The summed E-state index contributed by atoms with van der Waals surface area (Å²) < 4.78 is 0. The van der Waals surface area contributed by atoms with E-state index in [0.717, 1.165) is 33.5 Å². The zero-order valence-electron chi connectivity index (χ0n) is 33.7. The number of hydrogen-bond acceptors (Lipinski definition) is 4. The van der Waals surface area contributed by atoms with Crippen LogP contribution in [0.3, 0.4) is 0 Å². The molecule has 1 aromatic heterocycles. The number of fused-ring (bicyclic) bond motifs is 9. The van der Waals surface area contributed by atoms with Crippen molar-refractivity contribution in [2.75, 3.05) is 4.90 Å². The van der Waals surface area contributed by atoms with Crippen molar-refractivity contribution in [3.05, 3.63) is 253 Å². The van der Waals surface area contributed by atoms with Gasteiger partial charge in [-0.1, -0.05) is 200 Å². The van der Waals surface area contributed by atoms with E-state index in [-0.39, 0.29) is 0 Å². The Morgan fingerprint density at radius 1 is 0.274 bits per heavy atom. The summed E-state index contributed by atoms with van der Waals surface area (Å²) in [7, 11) is 0. The quantitative estimate of drug-likeness (QED) is 0.168. The summed E-state index contributed by atoms with van der Waals surface area (Å²) in [4.78, 5) is 18.0. The van der Waals surface area contributed by atoms with Gasteiger partial charge in [0.1, 0.15) is 0 Å². The van der Waals surface area contributed by atoms with Crippen molar-refractivity contribution in [2.24, 2.45) is 0 Å². The predicted molar refractivity (Wildman–Crippen MR) is 253 cm³/mol. The van der Waals surface area contributed by atoms with E-state index in [2.05, 4.69) is 223 Å². The van der Waals surface area contributed by atoms with E-state index in [1.165, 1.54) is 55.9 Å². The fourth-order valence-electron chi connectivity index (χ4n) is 9.75. The number of anilines is 3. The zero-order chi connectivity index (χ0) is 41.0. The van der Waals surface area contributed by atoms with Crippen molar-refractivity contribution < 1.29 is 0 Å². The van der Waals surface area contributed by atoms with E-state index in [1.807, 2.05) is 12.1 Å². The summed E-state index contributed by atoms with van der Waals surface area (Å²) in [5.41, 5.74) is 17.8. The Hall–Kier alpha value is -8.21.